The number of nitrogens with zero attached hydrogens (tertiary/aromatic N) is 1. The molecule has 3 aromatic rings. The molecule has 0 radical (unpaired) electrons. The van der Waals surface area contributed by atoms with Crippen molar-refractivity contribution in [3.05, 3.63) is 95.8 Å². The van der Waals surface area contributed by atoms with Crippen LogP contribution in [0.15, 0.2) is 84.0 Å². The van der Waals surface area contributed by atoms with Crippen LogP contribution in [-0.4, -0.2) is 25.9 Å². The van der Waals surface area contributed by atoms with Crippen LogP contribution in [0.25, 0.3) is 0 Å². The summed E-state index contributed by atoms with van der Waals surface area (Å²) >= 11 is 0. The Morgan fingerprint density at radius 3 is 2.20 bits per heavy atom. The highest BCUT2D eigenvalue weighted by molar-refractivity contribution is 7.91. The molecule has 0 spiro atoms. The minimum atomic E-state index is -3.71. The Morgan fingerprint density at radius 1 is 0.967 bits per heavy atom. The first-order chi connectivity index (χ1) is 14.2. The van der Waals surface area contributed by atoms with Gasteiger partial charge in [0.15, 0.2) is 9.84 Å². The second-order valence-corrected chi connectivity index (χ2v) is 10.3. The van der Waals surface area contributed by atoms with E-state index in [1.807, 2.05) is 12.1 Å². The van der Waals surface area contributed by atoms with E-state index >= 15 is 0 Å². The summed E-state index contributed by atoms with van der Waals surface area (Å²) in [5, 5.41) is 1.85. The number of benzene rings is 2. The van der Waals surface area contributed by atoms with Gasteiger partial charge in [-0.1, -0.05) is 57.2 Å². The van der Waals surface area contributed by atoms with Crippen LogP contribution in [-0.2, 0) is 15.3 Å². The number of carbonyl (C=O) groups excluding carboxylic acids is 1. The largest absolute Gasteiger partial charge is 0.350 e. The van der Waals surface area contributed by atoms with Crippen LogP contribution in [0.3, 0.4) is 0 Å². The van der Waals surface area contributed by atoms with Crippen molar-refractivity contribution in [3.63, 3.8) is 0 Å². The summed E-state index contributed by atoms with van der Waals surface area (Å²) in [5.41, 5.74) is 2.14. The zero-order chi connectivity index (χ0) is 21.8. The minimum absolute atomic E-state index is 0.00975. The second kappa shape index (κ2) is 8.79. The van der Waals surface area contributed by atoms with E-state index in [1.165, 1.54) is 6.20 Å². The molecular weight excluding hydrogens is 396 g/mol. The number of hydrogen-bond donors (Lipinski definition) is 1. The predicted octanol–water partition coefficient (Wildman–Crippen LogP) is 4.32. The van der Waals surface area contributed by atoms with Gasteiger partial charge < -0.3 is 5.32 Å². The first kappa shape index (κ1) is 21.7. The van der Waals surface area contributed by atoms with E-state index in [4.69, 9.17) is 0 Å². The normalized spacial score (nSPS) is 12.9. The first-order valence-corrected chi connectivity index (χ1v) is 11.3. The van der Waals surface area contributed by atoms with Crippen LogP contribution in [0, 0.1) is 0 Å². The topological polar surface area (TPSA) is 76.1 Å². The number of rotatable bonds is 6. The number of hydrogen-bond acceptors (Lipinski definition) is 4. The molecule has 0 aliphatic heterocycles. The van der Waals surface area contributed by atoms with Crippen molar-refractivity contribution in [3.8, 4) is 0 Å². The van der Waals surface area contributed by atoms with E-state index in [0.717, 1.165) is 5.56 Å². The molecule has 1 atom stereocenters. The maximum absolute atomic E-state index is 13.3. The summed E-state index contributed by atoms with van der Waals surface area (Å²) < 4.78 is 26.5. The van der Waals surface area contributed by atoms with Gasteiger partial charge in [0.1, 0.15) is 5.25 Å². The summed E-state index contributed by atoms with van der Waals surface area (Å²) in [4.78, 5) is 16.9. The van der Waals surface area contributed by atoms with Crippen LogP contribution in [0.1, 0.15) is 47.5 Å². The molecule has 1 aromatic heterocycles. The molecule has 0 saturated carbocycles. The highest BCUT2D eigenvalue weighted by Gasteiger charge is 2.30. The summed E-state index contributed by atoms with van der Waals surface area (Å²) in [5.74, 6) is -0.312. The molecule has 0 unspecified atom stereocenters. The summed E-state index contributed by atoms with van der Waals surface area (Å²) in [6.07, 6.45) is 3.11. The maximum Gasteiger partial charge on any atom is 0.251 e. The number of nitrogens with one attached hydrogen (secondary N) is 1. The number of carbonyl (C=O) groups is 1. The van der Waals surface area contributed by atoms with Gasteiger partial charge in [0.2, 0.25) is 0 Å². The molecule has 1 amide bonds. The number of aromatic nitrogens is 1. The van der Waals surface area contributed by atoms with Gasteiger partial charge in [0, 0.05) is 24.5 Å². The van der Waals surface area contributed by atoms with Crippen molar-refractivity contribution in [1.82, 2.24) is 10.3 Å². The SMILES string of the molecule is CC(C)(C)c1ccc(C(=O)NC[C@@H](c2cccnc2)S(=O)(=O)c2ccccc2)cc1. The summed E-state index contributed by atoms with van der Waals surface area (Å²) in [6.45, 7) is 6.27. The maximum atomic E-state index is 13.3. The molecule has 2 aromatic carbocycles. The molecule has 1 heterocycles. The van der Waals surface area contributed by atoms with Crippen LogP contribution < -0.4 is 5.32 Å². The first-order valence-electron chi connectivity index (χ1n) is 9.77. The average Bonchev–Trinajstić information content (AvgIpc) is 2.74. The van der Waals surface area contributed by atoms with Gasteiger partial charge in [0.25, 0.3) is 5.91 Å². The number of pyridine rings is 1. The van der Waals surface area contributed by atoms with Crippen LogP contribution >= 0.6 is 0 Å². The molecule has 3 rings (SSSR count). The average molecular weight is 423 g/mol. The van der Waals surface area contributed by atoms with Crippen molar-refractivity contribution in [1.29, 1.82) is 0 Å². The molecule has 0 bridgehead atoms. The second-order valence-electron chi connectivity index (χ2n) is 8.17. The summed E-state index contributed by atoms with van der Waals surface area (Å²) in [7, 11) is -3.71. The van der Waals surface area contributed by atoms with Gasteiger partial charge >= 0.3 is 0 Å². The predicted molar refractivity (Wildman–Crippen MR) is 118 cm³/mol. The molecule has 0 saturated heterocycles. The zero-order valence-corrected chi connectivity index (χ0v) is 18.2. The van der Waals surface area contributed by atoms with Gasteiger partial charge in [-0.3, -0.25) is 9.78 Å². The monoisotopic (exact) mass is 422 g/mol. The van der Waals surface area contributed by atoms with Gasteiger partial charge in [-0.25, -0.2) is 8.42 Å². The standard InChI is InChI=1S/C24H26N2O3S/c1-24(2,3)20-13-11-18(12-14-20)23(27)26-17-22(19-8-7-15-25-16-19)30(28,29)21-9-5-4-6-10-21/h4-16,22H,17H2,1-3H3,(H,26,27)/t22-/m0/s1. The van der Waals surface area contributed by atoms with Crippen molar-refractivity contribution >= 4 is 15.7 Å². The van der Waals surface area contributed by atoms with Gasteiger partial charge in [-0.05, 0) is 46.9 Å². The van der Waals surface area contributed by atoms with E-state index in [9.17, 15) is 13.2 Å². The smallest absolute Gasteiger partial charge is 0.251 e. The summed E-state index contributed by atoms with van der Waals surface area (Å²) in [6, 6.07) is 19.0. The van der Waals surface area contributed by atoms with Gasteiger partial charge in [-0.15, -0.1) is 0 Å². The molecule has 0 aliphatic carbocycles. The Morgan fingerprint density at radius 2 is 1.63 bits per heavy atom. The van der Waals surface area contributed by atoms with E-state index in [1.54, 1.807) is 60.8 Å². The van der Waals surface area contributed by atoms with E-state index in [-0.39, 0.29) is 22.8 Å². The molecular formula is C24H26N2O3S. The zero-order valence-electron chi connectivity index (χ0n) is 17.4. The number of amides is 1. The Labute approximate surface area is 178 Å². The quantitative estimate of drug-likeness (QED) is 0.642. The molecule has 5 nitrogen and oxygen atoms in total. The minimum Gasteiger partial charge on any atom is -0.350 e. The fourth-order valence-electron chi connectivity index (χ4n) is 3.16. The fraction of sp³-hybridized carbons (Fsp3) is 0.250. The highest BCUT2D eigenvalue weighted by Crippen LogP contribution is 2.28. The van der Waals surface area contributed by atoms with E-state index < -0.39 is 15.1 Å². The Balaban J connectivity index is 1.83. The van der Waals surface area contributed by atoms with Crippen molar-refractivity contribution in [2.24, 2.45) is 0 Å². The van der Waals surface area contributed by atoms with E-state index in [2.05, 4.69) is 31.1 Å². The number of sulfone groups is 1. The lowest BCUT2D eigenvalue weighted by atomic mass is 9.87. The molecule has 30 heavy (non-hydrogen) atoms. The lowest BCUT2D eigenvalue weighted by Crippen LogP contribution is -2.32. The van der Waals surface area contributed by atoms with Crippen molar-refractivity contribution < 1.29 is 13.2 Å². The van der Waals surface area contributed by atoms with E-state index in [0.29, 0.717) is 11.1 Å². The third-order valence-corrected chi connectivity index (χ3v) is 7.08. The molecule has 156 valence electrons. The van der Waals surface area contributed by atoms with Gasteiger partial charge in [0.05, 0.1) is 4.90 Å². The molecule has 0 fully saturated rings. The van der Waals surface area contributed by atoms with Crippen LogP contribution in [0.5, 0.6) is 0 Å². The van der Waals surface area contributed by atoms with Crippen LogP contribution in [0.4, 0.5) is 0 Å². The Bertz CT molecular complexity index is 1090. The highest BCUT2D eigenvalue weighted by atomic mass is 32.2. The van der Waals surface area contributed by atoms with Crippen LogP contribution in [0.2, 0.25) is 0 Å². The van der Waals surface area contributed by atoms with Gasteiger partial charge in [-0.2, -0.15) is 0 Å². The Hall–Kier alpha value is -2.99. The lowest BCUT2D eigenvalue weighted by molar-refractivity contribution is 0.0953. The van der Waals surface area contributed by atoms with Crippen molar-refractivity contribution in [2.75, 3.05) is 6.54 Å². The molecule has 1 N–H and O–H groups in total. The third kappa shape index (κ3) is 4.94. The molecule has 0 aliphatic rings. The lowest BCUT2D eigenvalue weighted by Gasteiger charge is -2.20. The fourth-order valence-corrected chi connectivity index (χ4v) is 4.82. The Kier molecular flexibility index (Phi) is 6.37. The van der Waals surface area contributed by atoms with Crippen molar-refractivity contribution in [2.45, 2.75) is 36.3 Å². The molecule has 6 heteroatoms. The third-order valence-electron chi connectivity index (χ3n) is 4.96.